The van der Waals surface area contributed by atoms with E-state index >= 15 is 0 Å². The Kier molecular flexibility index (Phi) is 4.96. The number of hydrogen-bond donors (Lipinski definition) is 0. The topological polar surface area (TPSA) is 90.6 Å². The molecule has 0 spiro atoms. The number of nitrogens with zero attached hydrogens (tertiary/aromatic N) is 5. The Hall–Kier alpha value is -3.34. The van der Waals surface area contributed by atoms with Crippen molar-refractivity contribution in [1.29, 1.82) is 0 Å². The first kappa shape index (κ1) is 21.5. The van der Waals surface area contributed by atoms with Crippen LogP contribution < -0.4 is 0 Å². The van der Waals surface area contributed by atoms with Crippen LogP contribution in [0.3, 0.4) is 0 Å². The van der Waals surface area contributed by atoms with Gasteiger partial charge in [0, 0.05) is 41.2 Å². The number of pyridine rings is 3. The summed E-state index contributed by atoms with van der Waals surface area (Å²) < 4.78 is 66.0. The average Bonchev–Trinajstić information content (AvgIpc) is 3.56. The van der Waals surface area contributed by atoms with Gasteiger partial charge in [0.15, 0.2) is 15.7 Å². The van der Waals surface area contributed by atoms with Crippen molar-refractivity contribution < 1.29 is 21.6 Å². The van der Waals surface area contributed by atoms with Crippen LogP contribution in [-0.4, -0.2) is 38.9 Å². The normalized spacial score (nSPS) is 14.7. The summed E-state index contributed by atoms with van der Waals surface area (Å²) in [6.45, 7) is 1.51. The lowest BCUT2D eigenvalue weighted by Gasteiger charge is -2.11. The van der Waals surface area contributed by atoms with Crippen molar-refractivity contribution in [3.05, 3.63) is 60.3 Å². The molecule has 0 aromatic carbocycles. The van der Waals surface area contributed by atoms with Crippen molar-refractivity contribution in [2.75, 3.05) is 5.75 Å². The Morgan fingerprint density at radius 1 is 1.12 bits per heavy atom. The first-order valence-electron chi connectivity index (χ1n) is 10.3. The Balaban J connectivity index is 1.64. The molecule has 0 N–H and O–H groups in total. The van der Waals surface area contributed by atoms with Crippen molar-refractivity contribution in [3.8, 4) is 17.1 Å². The molecule has 0 unspecified atom stereocenters. The van der Waals surface area contributed by atoms with Gasteiger partial charge < -0.3 is 0 Å². The van der Waals surface area contributed by atoms with E-state index in [2.05, 4.69) is 20.1 Å². The Morgan fingerprint density at radius 3 is 2.61 bits per heavy atom. The third-order valence-corrected chi connectivity index (χ3v) is 7.24. The van der Waals surface area contributed by atoms with Crippen LogP contribution in [-0.2, 0) is 16.0 Å². The molecule has 0 saturated heterocycles. The second kappa shape index (κ2) is 7.62. The van der Waals surface area contributed by atoms with Gasteiger partial charge in [0.2, 0.25) is 0 Å². The molecule has 5 rings (SSSR count). The van der Waals surface area contributed by atoms with Gasteiger partial charge in [0.1, 0.15) is 10.6 Å². The Bertz CT molecular complexity index is 1480. The van der Waals surface area contributed by atoms with Crippen LogP contribution in [0, 0.1) is 0 Å². The molecule has 1 aliphatic rings. The monoisotopic (exact) mass is 473 g/mol. The predicted molar refractivity (Wildman–Crippen MR) is 115 cm³/mol. The molecule has 0 amide bonds. The molecule has 0 atom stereocenters. The highest BCUT2D eigenvalue weighted by atomic mass is 32.2. The van der Waals surface area contributed by atoms with E-state index in [4.69, 9.17) is 0 Å². The summed E-state index contributed by atoms with van der Waals surface area (Å²) in [5, 5.41) is 4.47. The van der Waals surface area contributed by atoms with Crippen LogP contribution in [0.2, 0.25) is 0 Å². The summed E-state index contributed by atoms with van der Waals surface area (Å²) >= 11 is 0. The SMILES string of the molecule is CCS(=O)(=O)c1cc(-c2cccc(C3CC3)n2)cnc1-n1cc2cnc(C(F)(F)F)cc2n1. The zero-order chi connectivity index (χ0) is 23.4. The number of aromatic nitrogens is 5. The van der Waals surface area contributed by atoms with Gasteiger partial charge in [0.05, 0.1) is 17.0 Å². The van der Waals surface area contributed by atoms with Gasteiger partial charge in [-0.1, -0.05) is 13.0 Å². The number of alkyl halides is 3. The maximum Gasteiger partial charge on any atom is 0.433 e. The first-order chi connectivity index (χ1) is 15.7. The smallest absolute Gasteiger partial charge is 0.252 e. The summed E-state index contributed by atoms with van der Waals surface area (Å²) in [5.41, 5.74) is 1.05. The highest BCUT2D eigenvalue weighted by molar-refractivity contribution is 7.91. The number of fused-ring (bicyclic) bond motifs is 1. The fraction of sp³-hybridized carbons (Fsp3) is 0.273. The average molecular weight is 473 g/mol. The molecule has 0 bridgehead atoms. The third-order valence-electron chi connectivity index (χ3n) is 5.51. The minimum absolute atomic E-state index is 0.00343. The van der Waals surface area contributed by atoms with E-state index in [0.29, 0.717) is 22.6 Å². The van der Waals surface area contributed by atoms with E-state index in [1.165, 1.54) is 30.1 Å². The maximum atomic E-state index is 13.0. The van der Waals surface area contributed by atoms with Gasteiger partial charge in [-0.15, -0.1) is 0 Å². The van der Waals surface area contributed by atoms with Crippen LogP contribution in [0.4, 0.5) is 13.2 Å². The number of hydrogen-bond acceptors (Lipinski definition) is 6. The van der Waals surface area contributed by atoms with Crippen molar-refractivity contribution >= 4 is 20.7 Å². The van der Waals surface area contributed by atoms with Crippen molar-refractivity contribution in [2.24, 2.45) is 0 Å². The van der Waals surface area contributed by atoms with Crippen LogP contribution in [0.5, 0.6) is 0 Å². The van der Waals surface area contributed by atoms with Gasteiger partial charge in [-0.25, -0.2) is 18.1 Å². The Morgan fingerprint density at radius 2 is 1.91 bits per heavy atom. The fourth-order valence-corrected chi connectivity index (χ4v) is 4.58. The van der Waals surface area contributed by atoms with Crippen LogP contribution in [0.15, 0.2) is 53.8 Å². The highest BCUT2D eigenvalue weighted by Gasteiger charge is 2.33. The number of rotatable bonds is 5. The molecule has 33 heavy (non-hydrogen) atoms. The largest absolute Gasteiger partial charge is 0.433 e. The summed E-state index contributed by atoms with van der Waals surface area (Å²) in [6.07, 6.45) is 1.51. The van der Waals surface area contributed by atoms with Crippen molar-refractivity contribution in [2.45, 2.75) is 36.8 Å². The van der Waals surface area contributed by atoms with E-state index < -0.39 is 21.7 Å². The van der Waals surface area contributed by atoms with Gasteiger partial charge in [-0.05, 0) is 37.1 Å². The highest BCUT2D eigenvalue weighted by Crippen LogP contribution is 2.39. The standard InChI is InChI=1S/C22H18F3N5O2S/c1-2-33(31,32)19-8-14(17-5-3-4-16(28-17)13-6-7-13)10-27-21(19)30-12-15-11-26-20(22(23,24)25)9-18(15)29-30/h3-5,8-13H,2,6-7H2,1H3. The van der Waals surface area contributed by atoms with Crippen LogP contribution >= 0.6 is 0 Å². The zero-order valence-corrected chi connectivity index (χ0v) is 18.2. The molecule has 4 heterocycles. The molecule has 4 aromatic rings. The lowest BCUT2D eigenvalue weighted by molar-refractivity contribution is -0.141. The molecular weight excluding hydrogens is 455 g/mol. The van der Waals surface area contributed by atoms with Gasteiger partial charge in [-0.3, -0.25) is 9.97 Å². The second-order valence-electron chi connectivity index (χ2n) is 7.87. The molecule has 0 radical (unpaired) electrons. The molecule has 1 saturated carbocycles. The molecule has 1 aliphatic carbocycles. The van der Waals surface area contributed by atoms with Crippen molar-refractivity contribution in [1.82, 2.24) is 24.7 Å². The molecule has 170 valence electrons. The number of sulfone groups is 1. The molecule has 4 aromatic heterocycles. The van der Waals surface area contributed by atoms with E-state index in [9.17, 15) is 21.6 Å². The first-order valence-corrected chi connectivity index (χ1v) is 11.9. The maximum absolute atomic E-state index is 13.0. The minimum Gasteiger partial charge on any atom is -0.252 e. The van der Waals surface area contributed by atoms with Gasteiger partial charge >= 0.3 is 6.18 Å². The second-order valence-corrected chi connectivity index (χ2v) is 10.1. The summed E-state index contributed by atoms with van der Waals surface area (Å²) in [5.74, 6) is 0.257. The fourth-order valence-electron chi connectivity index (χ4n) is 3.53. The summed E-state index contributed by atoms with van der Waals surface area (Å²) in [7, 11) is -3.74. The molecule has 0 aliphatic heterocycles. The van der Waals surface area contributed by atoms with E-state index in [-0.39, 0.29) is 22.0 Å². The summed E-state index contributed by atoms with van der Waals surface area (Å²) in [4.78, 5) is 12.3. The van der Waals surface area contributed by atoms with E-state index in [0.717, 1.165) is 30.8 Å². The lowest BCUT2D eigenvalue weighted by atomic mass is 10.1. The van der Waals surface area contributed by atoms with E-state index in [1.54, 1.807) is 6.07 Å². The lowest BCUT2D eigenvalue weighted by Crippen LogP contribution is -2.11. The van der Waals surface area contributed by atoms with Crippen LogP contribution in [0.1, 0.15) is 37.1 Å². The van der Waals surface area contributed by atoms with Gasteiger partial charge in [-0.2, -0.15) is 18.3 Å². The van der Waals surface area contributed by atoms with E-state index in [1.807, 2.05) is 12.1 Å². The van der Waals surface area contributed by atoms with Gasteiger partial charge in [0.25, 0.3) is 0 Å². The molecule has 11 heteroatoms. The Labute approximate surface area is 187 Å². The minimum atomic E-state index is -4.61. The predicted octanol–water partition coefficient (Wildman–Crippen LogP) is 4.57. The summed E-state index contributed by atoms with van der Waals surface area (Å²) in [6, 6.07) is 7.93. The third kappa shape index (κ3) is 4.08. The molecular formula is C22H18F3N5O2S. The molecule has 1 fully saturated rings. The number of halogens is 3. The quantitative estimate of drug-likeness (QED) is 0.422. The molecule has 7 nitrogen and oxygen atoms in total. The van der Waals surface area contributed by atoms with Crippen LogP contribution in [0.25, 0.3) is 28.0 Å². The zero-order valence-electron chi connectivity index (χ0n) is 17.4. The van der Waals surface area contributed by atoms with Crippen molar-refractivity contribution in [3.63, 3.8) is 0 Å².